The quantitative estimate of drug-likeness (QED) is 0.108. The van der Waals surface area contributed by atoms with Gasteiger partial charge in [-0.1, -0.05) is 13.8 Å². The number of amides is 3. The van der Waals surface area contributed by atoms with Gasteiger partial charge in [0, 0.05) is 24.1 Å². The van der Waals surface area contributed by atoms with Crippen LogP contribution < -0.4 is 27.4 Å². The van der Waals surface area contributed by atoms with Crippen molar-refractivity contribution in [1.29, 1.82) is 0 Å². The Kier molecular flexibility index (Phi) is 12.5. The zero-order chi connectivity index (χ0) is 25.0. The van der Waals surface area contributed by atoms with Crippen LogP contribution >= 0.6 is 12.6 Å². The molecular formula is C20H35N7O5S. The molecule has 0 saturated carbocycles. The van der Waals surface area contributed by atoms with Crippen molar-refractivity contribution >= 4 is 36.3 Å². The monoisotopic (exact) mass is 485 g/mol. The minimum absolute atomic E-state index is 0.0433. The first-order valence-corrected chi connectivity index (χ1v) is 11.4. The van der Waals surface area contributed by atoms with E-state index in [2.05, 4.69) is 38.5 Å². The van der Waals surface area contributed by atoms with Gasteiger partial charge < -0.3 is 37.5 Å². The zero-order valence-corrected chi connectivity index (χ0v) is 19.8. The summed E-state index contributed by atoms with van der Waals surface area (Å²) < 4.78 is 0. The average Bonchev–Trinajstić information content (AvgIpc) is 3.28. The Morgan fingerprint density at radius 2 is 1.76 bits per heavy atom. The minimum atomic E-state index is -1.18. The predicted molar refractivity (Wildman–Crippen MR) is 125 cm³/mol. The van der Waals surface area contributed by atoms with Gasteiger partial charge in [-0.15, -0.1) is 0 Å². The molecular weight excluding hydrogens is 450 g/mol. The fourth-order valence-corrected chi connectivity index (χ4v) is 3.15. The van der Waals surface area contributed by atoms with Gasteiger partial charge in [-0.3, -0.25) is 14.4 Å². The summed E-state index contributed by atoms with van der Waals surface area (Å²) in [6, 6.07) is -4.08. The number of carboxylic acid groups (broad SMARTS) is 1. The van der Waals surface area contributed by atoms with Crippen molar-refractivity contribution in [2.45, 2.75) is 63.7 Å². The number of aromatic amines is 1. The van der Waals surface area contributed by atoms with Crippen LogP contribution in [0.1, 0.15) is 38.8 Å². The number of hydrogen-bond acceptors (Lipinski definition) is 8. The second kappa shape index (κ2) is 14.5. The summed E-state index contributed by atoms with van der Waals surface area (Å²) in [5.41, 5.74) is 11.7. The van der Waals surface area contributed by atoms with Crippen LogP contribution in [-0.4, -0.2) is 75.2 Å². The van der Waals surface area contributed by atoms with E-state index in [0.717, 1.165) is 0 Å². The molecule has 0 saturated heterocycles. The number of rotatable bonds is 15. The highest BCUT2D eigenvalue weighted by atomic mass is 32.1. The molecule has 0 radical (unpaired) electrons. The molecule has 1 rings (SSSR count). The summed E-state index contributed by atoms with van der Waals surface area (Å²) in [6.45, 7) is 3.88. The molecule has 0 aliphatic heterocycles. The SMILES string of the molecule is CC(C)C(NC(=O)C(N)CS)C(=O)NC(Cc1cnc[nH]1)C(=O)NC(CCCCN)C(=O)O. The van der Waals surface area contributed by atoms with Crippen LogP contribution in [0.4, 0.5) is 0 Å². The fraction of sp³-hybridized carbons (Fsp3) is 0.650. The van der Waals surface area contributed by atoms with Crippen molar-refractivity contribution in [2.24, 2.45) is 17.4 Å². The van der Waals surface area contributed by atoms with Crippen LogP contribution in [0.15, 0.2) is 12.5 Å². The number of nitrogens with zero attached hydrogens (tertiary/aromatic N) is 1. The fourth-order valence-electron chi connectivity index (χ4n) is 2.99. The first-order valence-electron chi connectivity index (χ1n) is 10.8. The third-order valence-corrected chi connectivity index (χ3v) is 5.35. The maximum Gasteiger partial charge on any atom is 0.326 e. The number of imidazole rings is 1. The van der Waals surface area contributed by atoms with Crippen molar-refractivity contribution in [2.75, 3.05) is 12.3 Å². The van der Waals surface area contributed by atoms with E-state index in [0.29, 0.717) is 25.1 Å². The van der Waals surface area contributed by atoms with Gasteiger partial charge in [0.2, 0.25) is 17.7 Å². The van der Waals surface area contributed by atoms with Gasteiger partial charge in [0.1, 0.15) is 18.1 Å². The maximum absolute atomic E-state index is 13.0. The first kappa shape index (κ1) is 28.4. The Balaban J connectivity index is 2.99. The molecule has 1 aromatic rings. The van der Waals surface area contributed by atoms with Gasteiger partial charge in [-0.05, 0) is 31.7 Å². The highest BCUT2D eigenvalue weighted by molar-refractivity contribution is 7.80. The second-order valence-corrected chi connectivity index (χ2v) is 8.41. The van der Waals surface area contributed by atoms with E-state index in [9.17, 15) is 24.3 Å². The van der Waals surface area contributed by atoms with E-state index in [4.69, 9.17) is 11.5 Å². The number of unbranched alkanes of at least 4 members (excludes halogenated alkanes) is 1. The number of nitrogens with one attached hydrogen (secondary N) is 4. The van der Waals surface area contributed by atoms with E-state index < -0.39 is 47.9 Å². The molecule has 186 valence electrons. The number of hydrogen-bond donors (Lipinski definition) is 8. The number of aliphatic carboxylic acids is 1. The normalized spacial score (nSPS) is 14.7. The Labute approximate surface area is 198 Å². The van der Waals surface area contributed by atoms with Crippen molar-refractivity contribution < 1.29 is 24.3 Å². The Morgan fingerprint density at radius 1 is 1.09 bits per heavy atom. The van der Waals surface area contributed by atoms with E-state index in [1.165, 1.54) is 12.5 Å². The summed E-state index contributed by atoms with van der Waals surface area (Å²) in [6.07, 6.45) is 4.32. The lowest BCUT2D eigenvalue weighted by Gasteiger charge is -2.26. The number of nitrogens with two attached hydrogens (primary N) is 2. The van der Waals surface area contributed by atoms with Crippen molar-refractivity contribution in [1.82, 2.24) is 25.9 Å². The highest BCUT2D eigenvalue weighted by Crippen LogP contribution is 2.07. The van der Waals surface area contributed by atoms with E-state index in [-0.39, 0.29) is 24.5 Å². The molecule has 13 heteroatoms. The van der Waals surface area contributed by atoms with Crippen LogP contribution in [0.2, 0.25) is 0 Å². The Hall–Kier alpha value is -2.64. The maximum atomic E-state index is 13.0. The number of thiol groups is 1. The Morgan fingerprint density at radius 3 is 2.27 bits per heavy atom. The predicted octanol–water partition coefficient (Wildman–Crippen LogP) is -1.47. The third kappa shape index (κ3) is 9.80. The molecule has 0 aliphatic carbocycles. The minimum Gasteiger partial charge on any atom is -0.480 e. The smallest absolute Gasteiger partial charge is 0.326 e. The number of aromatic nitrogens is 2. The summed E-state index contributed by atoms with van der Waals surface area (Å²) in [5.74, 6) is -3.19. The molecule has 9 N–H and O–H groups in total. The molecule has 12 nitrogen and oxygen atoms in total. The lowest BCUT2D eigenvalue weighted by Crippen LogP contribution is -2.59. The third-order valence-electron chi connectivity index (χ3n) is 4.95. The van der Waals surface area contributed by atoms with Gasteiger partial charge in [0.15, 0.2) is 0 Å². The first-order chi connectivity index (χ1) is 15.6. The topological polar surface area (TPSA) is 205 Å². The van der Waals surface area contributed by atoms with E-state index >= 15 is 0 Å². The standard InChI is InChI=1S/C20H35N7O5S/c1-11(2)16(27-17(28)13(22)9-33)19(30)26-15(7-12-8-23-10-24-12)18(29)25-14(20(31)32)5-3-4-6-21/h8,10-11,13-16,33H,3-7,9,21-22H2,1-2H3,(H,23,24)(H,25,29)(H,26,30)(H,27,28)(H,31,32). The molecule has 3 amide bonds. The summed E-state index contributed by atoms with van der Waals surface area (Å²) in [7, 11) is 0. The average molecular weight is 486 g/mol. The lowest BCUT2D eigenvalue weighted by molar-refractivity contribution is -0.142. The zero-order valence-electron chi connectivity index (χ0n) is 18.9. The van der Waals surface area contributed by atoms with Crippen molar-refractivity contribution in [3.05, 3.63) is 18.2 Å². The molecule has 0 aliphatic rings. The molecule has 1 heterocycles. The van der Waals surface area contributed by atoms with Crippen LogP contribution in [0.3, 0.4) is 0 Å². The van der Waals surface area contributed by atoms with Crippen molar-refractivity contribution in [3.63, 3.8) is 0 Å². The molecule has 4 atom stereocenters. The van der Waals surface area contributed by atoms with E-state index in [1.807, 2.05) is 0 Å². The van der Waals surface area contributed by atoms with Crippen LogP contribution in [0.5, 0.6) is 0 Å². The second-order valence-electron chi connectivity index (χ2n) is 8.05. The molecule has 33 heavy (non-hydrogen) atoms. The summed E-state index contributed by atoms with van der Waals surface area (Å²) >= 11 is 3.99. The number of carboxylic acids is 1. The van der Waals surface area contributed by atoms with Gasteiger partial charge in [-0.25, -0.2) is 9.78 Å². The van der Waals surface area contributed by atoms with Gasteiger partial charge in [0.05, 0.1) is 12.4 Å². The van der Waals surface area contributed by atoms with Crippen LogP contribution in [0.25, 0.3) is 0 Å². The molecule has 0 aromatic carbocycles. The number of carbonyl (C=O) groups is 4. The molecule has 1 aromatic heterocycles. The molecule has 0 spiro atoms. The summed E-state index contributed by atoms with van der Waals surface area (Å²) in [5, 5.41) is 17.2. The van der Waals surface area contributed by atoms with Crippen LogP contribution in [0, 0.1) is 5.92 Å². The van der Waals surface area contributed by atoms with Crippen LogP contribution in [-0.2, 0) is 25.6 Å². The van der Waals surface area contributed by atoms with Gasteiger partial charge in [-0.2, -0.15) is 12.6 Å². The number of H-pyrrole nitrogens is 1. The summed E-state index contributed by atoms with van der Waals surface area (Å²) in [4.78, 5) is 56.5. The highest BCUT2D eigenvalue weighted by Gasteiger charge is 2.31. The largest absolute Gasteiger partial charge is 0.480 e. The van der Waals surface area contributed by atoms with E-state index in [1.54, 1.807) is 13.8 Å². The Bertz CT molecular complexity index is 775. The molecule has 0 fully saturated rings. The van der Waals surface area contributed by atoms with Gasteiger partial charge >= 0.3 is 5.97 Å². The lowest BCUT2D eigenvalue weighted by atomic mass is 10.0. The molecule has 0 bridgehead atoms. The van der Waals surface area contributed by atoms with Gasteiger partial charge in [0.25, 0.3) is 0 Å². The molecule has 4 unspecified atom stereocenters. The van der Waals surface area contributed by atoms with Crippen molar-refractivity contribution in [3.8, 4) is 0 Å². The number of carbonyl (C=O) groups excluding carboxylic acids is 3.